The lowest BCUT2D eigenvalue weighted by atomic mass is 9.95. The van der Waals surface area contributed by atoms with Crippen molar-refractivity contribution in [2.75, 3.05) is 51.8 Å². The number of amides is 1. The zero-order valence-corrected chi connectivity index (χ0v) is 32.9. The van der Waals surface area contributed by atoms with E-state index in [0.29, 0.717) is 37.3 Å². The second-order valence-corrected chi connectivity index (χ2v) is 17.6. The van der Waals surface area contributed by atoms with E-state index in [1.165, 1.54) is 18.5 Å². The normalized spacial score (nSPS) is 24.0. The molecule has 4 aromatic rings. The molecular weight excluding hydrogens is 753 g/mol. The van der Waals surface area contributed by atoms with Crippen molar-refractivity contribution >= 4 is 67.2 Å². The fraction of sp³-hybridized carbons (Fsp3) is 0.513. The number of nitriles is 1. The van der Waals surface area contributed by atoms with Gasteiger partial charge >= 0.3 is 12.1 Å². The van der Waals surface area contributed by atoms with Gasteiger partial charge < -0.3 is 19.3 Å². The summed E-state index contributed by atoms with van der Waals surface area (Å²) in [5.74, 6) is -0.980. The smallest absolute Gasteiger partial charge is 0.410 e. The highest BCUT2D eigenvalue weighted by Crippen LogP contribution is 2.48. The maximum absolute atomic E-state index is 17.4. The Labute approximate surface area is 326 Å². The predicted molar refractivity (Wildman–Crippen MR) is 207 cm³/mol. The summed E-state index contributed by atoms with van der Waals surface area (Å²) in [6.45, 7) is 7.56. The lowest BCUT2D eigenvalue weighted by Crippen LogP contribution is -2.57. The number of aromatic nitrogens is 2. The molecule has 4 fully saturated rings. The van der Waals surface area contributed by atoms with Crippen molar-refractivity contribution in [1.29, 1.82) is 5.26 Å². The van der Waals surface area contributed by atoms with Gasteiger partial charge in [-0.15, -0.1) is 11.3 Å². The zero-order chi connectivity index (χ0) is 39.0. The molecule has 2 aromatic carbocycles. The molecule has 1 amide bonds. The maximum atomic E-state index is 17.4. The molecule has 0 N–H and O–H groups in total. The van der Waals surface area contributed by atoms with E-state index in [4.69, 9.17) is 26.1 Å². The van der Waals surface area contributed by atoms with Gasteiger partial charge in [0.1, 0.15) is 46.6 Å². The summed E-state index contributed by atoms with van der Waals surface area (Å²) < 4.78 is 59.6. The molecule has 4 atom stereocenters. The van der Waals surface area contributed by atoms with E-state index >= 15 is 8.78 Å². The van der Waals surface area contributed by atoms with Crippen LogP contribution in [0.3, 0.4) is 0 Å². The van der Waals surface area contributed by atoms with Crippen LogP contribution in [0.4, 0.5) is 28.8 Å². The molecule has 0 unspecified atom stereocenters. The number of anilines is 1. The van der Waals surface area contributed by atoms with Crippen molar-refractivity contribution in [1.82, 2.24) is 24.7 Å². The van der Waals surface area contributed by atoms with Crippen molar-refractivity contribution in [3.8, 4) is 23.2 Å². The molecule has 55 heavy (non-hydrogen) atoms. The summed E-state index contributed by atoms with van der Waals surface area (Å²) in [5.41, 5.74) is -0.978. The van der Waals surface area contributed by atoms with Gasteiger partial charge in [0.05, 0.1) is 39.2 Å². The number of fused-ring (bicyclic) bond motifs is 5. The first kappa shape index (κ1) is 37.5. The first-order valence-electron chi connectivity index (χ1n) is 18.5. The van der Waals surface area contributed by atoms with Gasteiger partial charge in [-0.05, 0) is 70.7 Å². The number of benzene rings is 2. The molecule has 290 valence electrons. The largest absolute Gasteiger partial charge is 0.461 e. The summed E-state index contributed by atoms with van der Waals surface area (Å²) in [4.78, 5) is 34.8. The second-order valence-electron chi connectivity index (χ2n) is 16.2. The Morgan fingerprint density at radius 2 is 1.95 bits per heavy atom. The number of carbonyl (C=O) groups is 1. The number of piperazine rings is 1. The van der Waals surface area contributed by atoms with Crippen LogP contribution in [0.25, 0.3) is 32.1 Å². The number of carbonyl (C=O) groups excluding carboxylic acids is 1. The Hall–Kier alpha value is -4.39. The van der Waals surface area contributed by atoms with Crippen LogP contribution < -0.4 is 9.64 Å². The molecule has 0 radical (unpaired) electrons. The average Bonchev–Trinajstić information content (AvgIpc) is 3.84. The summed E-state index contributed by atoms with van der Waals surface area (Å²) >= 11 is 7.98. The van der Waals surface area contributed by atoms with Crippen molar-refractivity contribution in [3.05, 3.63) is 40.4 Å². The predicted octanol–water partition coefficient (Wildman–Crippen LogP) is 8.08. The van der Waals surface area contributed by atoms with E-state index in [1.54, 1.807) is 30.0 Å². The molecule has 4 saturated heterocycles. The van der Waals surface area contributed by atoms with Crippen LogP contribution in [0.2, 0.25) is 5.02 Å². The summed E-state index contributed by atoms with van der Waals surface area (Å²) in [6, 6.07) is 5.96. The van der Waals surface area contributed by atoms with Gasteiger partial charge in [-0.1, -0.05) is 17.7 Å². The van der Waals surface area contributed by atoms with Crippen LogP contribution in [0.15, 0.2) is 23.2 Å². The molecule has 16 heteroatoms. The molecule has 2 bridgehead atoms. The van der Waals surface area contributed by atoms with E-state index in [1.807, 2.05) is 25.7 Å². The van der Waals surface area contributed by atoms with Crippen LogP contribution in [0, 0.1) is 23.0 Å². The Balaban J connectivity index is 1.25. The zero-order valence-electron chi connectivity index (χ0n) is 31.3. The minimum absolute atomic E-state index is 0.0145. The molecule has 4 aliphatic rings. The highest BCUT2D eigenvalue weighted by Gasteiger charge is 2.50. The number of hydrogen-bond acceptors (Lipinski definition) is 10. The highest BCUT2D eigenvalue weighted by atomic mass is 35.5. The van der Waals surface area contributed by atoms with Gasteiger partial charge in [-0.3, -0.25) is 9.80 Å². The second kappa shape index (κ2) is 14.0. The number of rotatable bonds is 7. The van der Waals surface area contributed by atoms with Crippen LogP contribution in [-0.2, 0) is 4.74 Å². The fourth-order valence-corrected chi connectivity index (χ4v) is 10.1. The lowest BCUT2D eigenvalue weighted by Gasteiger charge is -2.42. The SMILES string of the molecule is CN(C)/C=N/c1sc2c(F)ccc(-c3c(Cl)cc4c(N5C[C@H]6CC[C@@H](C5)N6C(=O)OC(C)(C)C)nc(OC[C@@]56CCCN5C[C@H](F)C6)nc4c3F)c2c1C#N. The van der Waals surface area contributed by atoms with E-state index in [2.05, 4.69) is 20.9 Å². The third-order valence-corrected chi connectivity index (χ3v) is 12.4. The van der Waals surface area contributed by atoms with E-state index in [-0.39, 0.29) is 73.1 Å². The van der Waals surface area contributed by atoms with Crippen molar-refractivity contribution in [3.63, 3.8) is 0 Å². The van der Waals surface area contributed by atoms with Crippen molar-refractivity contribution < 1.29 is 27.4 Å². The number of aliphatic imine (C=N–C) groups is 1. The quantitative estimate of drug-likeness (QED) is 0.136. The Bertz CT molecular complexity index is 2260. The number of hydrogen-bond donors (Lipinski definition) is 0. The Morgan fingerprint density at radius 3 is 2.64 bits per heavy atom. The minimum Gasteiger partial charge on any atom is -0.461 e. The number of nitrogens with zero attached hydrogens (tertiary/aromatic N) is 8. The van der Waals surface area contributed by atoms with E-state index in [0.717, 1.165) is 43.6 Å². The van der Waals surface area contributed by atoms with Crippen LogP contribution in [-0.4, -0.2) is 113 Å². The lowest BCUT2D eigenvalue weighted by molar-refractivity contribution is 0.0122. The van der Waals surface area contributed by atoms with Crippen LogP contribution >= 0.6 is 22.9 Å². The van der Waals surface area contributed by atoms with Crippen LogP contribution in [0.5, 0.6) is 6.01 Å². The first-order valence-corrected chi connectivity index (χ1v) is 19.7. The maximum Gasteiger partial charge on any atom is 0.410 e. The molecule has 4 aliphatic heterocycles. The molecule has 8 rings (SSSR count). The average molecular weight is 795 g/mol. The standard InChI is InChI=1S/C39H42ClF3N8O3S/c1-38(2,3)54-37(52)51-22-7-8-23(51)18-49(17-22)34-25-13-27(40)30(24-9-10-28(42)33-29(24)26(15-44)35(55-33)45-20-48(4)5)31(43)32(25)46-36(47-34)53-19-39-11-6-12-50(39)16-21(41)14-39/h9-10,13,20-23H,6-8,11-12,14,16-19H2,1-5H3/b45-20+/t21-,22-,23+,39+/m1/s1. The number of alkyl halides is 1. The Morgan fingerprint density at radius 1 is 1.20 bits per heavy atom. The van der Waals surface area contributed by atoms with Gasteiger partial charge in [0, 0.05) is 56.5 Å². The van der Waals surface area contributed by atoms with Gasteiger partial charge in [-0.2, -0.15) is 15.2 Å². The van der Waals surface area contributed by atoms with Gasteiger partial charge in [0.25, 0.3) is 0 Å². The first-order chi connectivity index (χ1) is 26.2. The molecule has 0 spiro atoms. The Kier molecular flexibility index (Phi) is 9.53. The van der Waals surface area contributed by atoms with Gasteiger partial charge in [0.2, 0.25) is 0 Å². The van der Waals surface area contributed by atoms with Gasteiger partial charge in [0.15, 0.2) is 5.82 Å². The molecule has 0 aliphatic carbocycles. The van der Waals surface area contributed by atoms with Crippen molar-refractivity contribution in [2.24, 2.45) is 4.99 Å². The molecule has 0 saturated carbocycles. The topological polar surface area (TPSA) is 110 Å². The van der Waals surface area contributed by atoms with Gasteiger partial charge in [-0.25, -0.2) is 23.0 Å². The number of ether oxygens (including phenoxy) is 2. The fourth-order valence-electron chi connectivity index (χ4n) is 8.78. The summed E-state index contributed by atoms with van der Waals surface area (Å²) in [6.07, 6.45) is 3.72. The molecule has 11 nitrogen and oxygen atoms in total. The summed E-state index contributed by atoms with van der Waals surface area (Å²) in [7, 11) is 3.54. The van der Waals surface area contributed by atoms with Crippen LogP contribution in [0.1, 0.15) is 58.4 Å². The molecular formula is C39H42ClF3N8O3S. The van der Waals surface area contributed by atoms with E-state index in [9.17, 15) is 14.4 Å². The highest BCUT2D eigenvalue weighted by molar-refractivity contribution is 7.23. The molecule has 2 aromatic heterocycles. The minimum atomic E-state index is -0.965. The van der Waals surface area contributed by atoms with E-state index < -0.39 is 28.9 Å². The number of halogens is 4. The monoisotopic (exact) mass is 794 g/mol. The third-order valence-electron chi connectivity index (χ3n) is 11.0. The number of thiophene rings is 1. The third kappa shape index (κ3) is 6.69. The molecule has 6 heterocycles. The van der Waals surface area contributed by atoms with Crippen molar-refractivity contribution in [2.45, 2.75) is 82.3 Å². The summed E-state index contributed by atoms with van der Waals surface area (Å²) in [5, 5.41) is 11.1.